The van der Waals surface area contributed by atoms with Crippen LogP contribution in [0.5, 0.6) is 0 Å². The molecule has 1 saturated heterocycles. The van der Waals surface area contributed by atoms with E-state index in [1.54, 1.807) is 0 Å². The number of carbonyl (C=O) groups is 1. The molecule has 1 heterocycles. The second kappa shape index (κ2) is 4.66. The van der Waals surface area contributed by atoms with E-state index in [1.807, 2.05) is 0 Å². The molecule has 0 saturated carbocycles. The zero-order chi connectivity index (χ0) is 12.3. The Balaban J connectivity index is 2.16. The first-order valence-electron chi connectivity index (χ1n) is 4.78. The van der Waals surface area contributed by atoms with Crippen molar-refractivity contribution in [3.8, 4) is 6.26 Å². The van der Waals surface area contributed by atoms with E-state index in [4.69, 9.17) is 5.26 Å². The summed E-state index contributed by atoms with van der Waals surface area (Å²) in [5.41, 5.74) is 0.926. The van der Waals surface area contributed by atoms with Gasteiger partial charge in [-0.25, -0.2) is 0 Å². The van der Waals surface area contributed by atoms with E-state index in [1.165, 1.54) is 30.5 Å². The van der Waals surface area contributed by atoms with Crippen LogP contribution < -0.4 is 10.6 Å². The van der Waals surface area contributed by atoms with E-state index >= 15 is 0 Å². The Morgan fingerprint density at radius 1 is 1.41 bits per heavy atom. The average molecular weight is 231 g/mol. The third-order valence-electron chi connectivity index (χ3n) is 2.25. The van der Waals surface area contributed by atoms with Crippen LogP contribution in [0.15, 0.2) is 24.3 Å². The summed E-state index contributed by atoms with van der Waals surface area (Å²) in [7, 11) is 1.10. The van der Waals surface area contributed by atoms with Gasteiger partial charge in [0.25, 0.3) is 0 Å². The van der Waals surface area contributed by atoms with Gasteiger partial charge in [-0.3, -0.25) is 0 Å². The van der Waals surface area contributed by atoms with E-state index < -0.39 is 6.04 Å². The monoisotopic (exact) mass is 231 g/mol. The quantitative estimate of drug-likeness (QED) is 0.545. The van der Waals surface area contributed by atoms with Crippen LogP contribution in [0.1, 0.15) is 11.6 Å². The van der Waals surface area contributed by atoms with Gasteiger partial charge in [0.1, 0.15) is 0 Å². The summed E-state index contributed by atoms with van der Waals surface area (Å²) in [4.78, 5) is 11.6. The molecule has 1 aromatic rings. The van der Waals surface area contributed by atoms with E-state index in [2.05, 4.69) is 15.3 Å². The summed E-state index contributed by atoms with van der Waals surface area (Å²) >= 11 is 0. The maximum atomic E-state index is 12.7. The fourth-order valence-corrected chi connectivity index (χ4v) is 1.50. The van der Waals surface area contributed by atoms with Crippen molar-refractivity contribution in [3.05, 3.63) is 35.6 Å². The summed E-state index contributed by atoms with van der Waals surface area (Å²) < 4.78 is 17.1. The standard InChI is InChI=1S/C10H7BFN3O2/c12-7-3-1-6(2-4-7)8-9(16)15-10(14-8)11-17-5-13/h1-4,8,14H,(H,15,16). The Morgan fingerprint density at radius 3 is 2.76 bits per heavy atom. The predicted molar refractivity (Wildman–Crippen MR) is 57.9 cm³/mol. The van der Waals surface area contributed by atoms with Crippen LogP contribution in [0.4, 0.5) is 4.39 Å². The van der Waals surface area contributed by atoms with Gasteiger partial charge in [-0.15, -0.1) is 0 Å². The molecule has 1 amide bonds. The topological polar surface area (TPSA) is 74.1 Å². The van der Waals surface area contributed by atoms with E-state index in [0.717, 1.165) is 7.12 Å². The molecule has 17 heavy (non-hydrogen) atoms. The molecule has 1 atom stereocenters. The molecular formula is C10H7BFN3O2. The van der Waals surface area contributed by atoms with Gasteiger partial charge in [0.15, 0.2) is 0 Å². The van der Waals surface area contributed by atoms with Crippen molar-refractivity contribution in [1.29, 1.82) is 5.26 Å². The molecule has 1 unspecified atom stereocenters. The third kappa shape index (κ3) is 2.42. The molecule has 5 nitrogen and oxygen atoms in total. The second-order valence-corrected chi connectivity index (χ2v) is 3.36. The Hall–Kier alpha value is -2.36. The molecule has 2 rings (SSSR count). The van der Waals surface area contributed by atoms with Crippen LogP contribution >= 0.6 is 0 Å². The Morgan fingerprint density at radius 2 is 2.12 bits per heavy atom. The van der Waals surface area contributed by atoms with Crippen molar-refractivity contribution >= 4 is 18.7 Å². The number of hydrogen-bond donors (Lipinski definition) is 2. The van der Waals surface area contributed by atoms with Crippen LogP contribution in [-0.2, 0) is 9.45 Å². The molecule has 0 radical (unpaired) electrons. The predicted octanol–water partition coefficient (Wildman–Crippen LogP) is -0.210. The summed E-state index contributed by atoms with van der Waals surface area (Å²) in [6, 6.07) is 4.97. The van der Waals surface area contributed by atoms with Crippen LogP contribution in [0.25, 0.3) is 0 Å². The molecule has 1 aliphatic rings. The normalized spacial score (nSPS) is 20.1. The zero-order valence-corrected chi connectivity index (χ0v) is 8.61. The number of nitrogens with one attached hydrogen (secondary N) is 2. The Bertz CT molecular complexity index is 509. The first kappa shape index (κ1) is 11.1. The minimum atomic E-state index is -0.607. The van der Waals surface area contributed by atoms with E-state index in [0.29, 0.717) is 11.3 Å². The molecular weight excluding hydrogens is 224 g/mol. The number of rotatable bonds is 2. The second-order valence-electron chi connectivity index (χ2n) is 3.36. The molecule has 1 aromatic carbocycles. The zero-order valence-electron chi connectivity index (χ0n) is 8.61. The third-order valence-corrected chi connectivity index (χ3v) is 2.25. The van der Waals surface area contributed by atoms with Gasteiger partial charge < -0.3 is 0 Å². The number of nitrogens with zero attached hydrogens (tertiary/aromatic N) is 1. The van der Waals surface area contributed by atoms with Gasteiger partial charge in [-0.05, 0) is 0 Å². The first-order chi connectivity index (χ1) is 8.20. The molecule has 2 N–H and O–H groups in total. The summed E-state index contributed by atoms with van der Waals surface area (Å²) in [6.07, 6.45) is 1.45. The summed E-state index contributed by atoms with van der Waals surface area (Å²) in [6.45, 7) is 0. The van der Waals surface area contributed by atoms with Gasteiger partial charge in [0.2, 0.25) is 0 Å². The Kier molecular flexibility index (Phi) is 3.05. The van der Waals surface area contributed by atoms with Gasteiger partial charge >= 0.3 is 96.4 Å². The molecule has 1 aliphatic heterocycles. The van der Waals surface area contributed by atoms with Crippen molar-refractivity contribution in [1.82, 2.24) is 10.6 Å². The molecule has 1 fully saturated rings. The Labute approximate surface area is 97.1 Å². The minimum absolute atomic E-state index is 0.288. The first-order valence-corrected chi connectivity index (χ1v) is 4.78. The van der Waals surface area contributed by atoms with Crippen molar-refractivity contribution in [2.45, 2.75) is 6.04 Å². The molecule has 7 heteroatoms. The van der Waals surface area contributed by atoms with Gasteiger partial charge in [0, 0.05) is 0 Å². The summed E-state index contributed by atoms with van der Waals surface area (Å²) in [5, 5.41) is 13.5. The number of hydrogen-bond acceptors (Lipinski definition) is 4. The molecule has 0 bridgehead atoms. The van der Waals surface area contributed by atoms with Crippen molar-refractivity contribution < 1.29 is 13.8 Å². The van der Waals surface area contributed by atoms with Gasteiger partial charge in [0.05, 0.1) is 0 Å². The van der Waals surface area contributed by atoms with Gasteiger partial charge in [-0.1, -0.05) is 0 Å². The van der Waals surface area contributed by atoms with Crippen LogP contribution in [-0.4, -0.2) is 18.7 Å². The van der Waals surface area contributed by atoms with Crippen molar-refractivity contribution in [3.63, 3.8) is 0 Å². The number of carbonyl (C=O) groups excluding carboxylic acids is 1. The fourth-order valence-electron chi connectivity index (χ4n) is 1.50. The van der Waals surface area contributed by atoms with Crippen LogP contribution in [0.2, 0.25) is 0 Å². The van der Waals surface area contributed by atoms with Crippen LogP contribution in [0, 0.1) is 17.3 Å². The van der Waals surface area contributed by atoms with Crippen molar-refractivity contribution in [2.24, 2.45) is 0 Å². The van der Waals surface area contributed by atoms with E-state index in [9.17, 15) is 9.18 Å². The number of amides is 1. The summed E-state index contributed by atoms with van der Waals surface area (Å²) in [5.74, 6) is -0.653. The maximum absolute atomic E-state index is 12.7. The number of nitriles is 1. The SMILES string of the molecule is N#COB=C1NC(=O)C(c2ccc(F)cc2)N1. The van der Waals surface area contributed by atoms with E-state index in [-0.39, 0.29) is 11.7 Å². The fraction of sp³-hybridized carbons (Fsp3) is 0.100. The van der Waals surface area contributed by atoms with Crippen molar-refractivity contribution in [2.75, 3.05) is 0 Å². The van der Waals surface area contributed by atoms with Gasteiger partial charge in [-0.2, -0.15) is 0 Å². The molecule has 84 valence electrons. The molecule has 0 spiro atoms. The number of halogens is 1. The van der Waals surface area contributed by atoms with Crippen LogP contribution in [0.3, 0.4) is 0 Å². The average Bonchev–Trinajstić information content (AvgIpc) is 2.69. The number of benzene rings is 1. The molecule has 0 aliphatic carbocycles. The molecule has 0 aromatic heterocycles.